The molecule has 5 heteroatoms. The number of anilines is 1. The molecule has 0 bridgehead atoms. The summed E-state index contributed by atoms with van der Waals surface area (Å²) in [6, 6.07) is 56.8. The summed E-state index contributed by atoms with van der Waals surface area (Å²) in [6.45, 7) is 0. The minimum atomic E-state index is -0.0574. The molecule has 2 aliphatic rings. The minimum Gasteiger partial charge on any atom is -0.368 e. The zero-order valence-electron chi connectivity index (χ0n) is 25.7. The van der Waals surface area contributed by atoms with Gasteiger partial charge >= 0.3 is 0 Å². The molecule has 1 saturated heterocycles. The molecule has 0 saturated carbocycles. The summed E-state index contributed by atoms with van der Waals surface area (Å²) < 4.78 is 0. The van der Waals surface area contributed by atoms with E-state index in [-0.39, 0.29) is 23.9 Å². The molecule has 2 heterocycles. The van der Waals surface area contributed by atoms with Gasteiger partial charge in [0.2, 0.25) is 0 Å². The Bertz CT molecular complexity index is 2190. The first kappa shape index (κ1) is 28.3. The van der Waals surface area contributed by atoms with E-state index in [0.717, 1.165) is 0 Å². The van der Waals surface area contributed by atoms with E-state index in [2.05, 4.69) is 179 Å². The van der Waals surface area contributed by atoms with Gasteiger partial charge in [0.1, 0.15) is 5.37 Å². The lowest BCUT2D eigenvalue weighted by Crippen LogP contribution is -2.54. The van der Waals surface area contributed by atoms with Crippen LogP contribution in [0.5, 0.6) is 0 Å². The van der Waals surface area contributed by atoms with Gasteiger partial charge in [-0.2, -0.15) is 0 Å². The number of hydrogen-bond donors (Lipinski definition) is 4. The van der Waals surface area contributed by atoms with Crippen molar-refractivity contribution in [1.29, 1.82) is 0 Å². The Morgan fingerprint density at radius 2 is 0.957 bits per heavy atom. The van der Waals surface area contributed by atoms with Gasteiger partial charge in [-0.15, -0.1) is 0 Å². The number of benzene rings is 7. The second kappa shape index (κ2) is 12.0. The van der Waals surface area contributed by atoms with Crippen molar-refractivity contribution < 1.29 is 0 Å². The van der Waals surface area contributed by atoms with Gasteiger partial charge in [-0.3, -0.25) is 16.0 Å². The van der Waals surface area contributed by atoms with Crippen LogP contribution < -0.4 is 21.3 Å². The summed E-state index contributed by atoms with van der Waals surface area (Å²) in [5, 5.41) is 20.7. The Labute approximate surface area is 279 Å². The highest BCUT2D eigenvalue weighted by atomic mass is 32.2. The zero-order valence-corrected chi connectivity index (χ0v) is 26.5. The summed E-state index contributed by atoms with van der Waals surface area (Å²) in [6.07, 6.45) is -0.117. The average Bonchev–Trinajstić information content (AvgIpc) is 3.60. The molecule has 0 spiro atoms. The van der Waals surface area contributed by atoms with Crippen molar-refractivity contribution >= 4 is 39.0 Å². The van der Waals surface area contributed by atoms with Crippen LogP contribution in [0.15, 0.2) is 163 Å². The SMILES string of the molecule is c1ccc(-c2ccc(C3NC(c4ccccc4)NC(c4ccc5c(ccc6ccc7c(c65)NC(c5ccccc5)S7)c4)N3)cc2)cc1. The number of fused-ring (bicyclic) bond motifs is 5. The highest BCUT2D eigenvalue weighted by Crippen LogP contribution is 2.50. The maximum absolute atomic E-state index is 3.87. The smallest absolute Gasteiger partial charge is 0.103 e. The molecule has 4 unspecified atom stereocenters. The zero-order chi connectivity index (χ0) is 31.2. The molecule has 47 heavy (non-hydrogen) atoms. The van der Waals surface area contributed by atoms with Crippen LogP contribution in [0.1, 0.15) is 46.1 Å². The summed E-state index contributed by atoms with van der Waals surface area (Å²) >= 11 is 1.90. The van der Waals surface area contributed by atoms with Crippen LogP contribution in [0.25, 0.3) is 32.7 Å². The van der Waals surface area contributed by atoms with E-state index in [1.807, 2.05) is 11.8 Å². The summed E-state index contributed by atoms with van der Waals surface area (Å²) in [7, 11) is 0. The lowest BCUT2D eigenvalue weighted by atomic mass is 9.97. The maximum Gasteiger partial charge on any atom is 0.103 e. The van der Waals surface area contributed by atoms with Gasteiger partial charge in [-0.05, 0) is 61.7 Å². The third kappa shape index (κ3) is 5.37. The molecule has 1 fully saturated rings. The van der Waals surface area contributed by atoms with Crippen molar-refractivity contribution in [3.63, 3.8) is 0 Å². The van der Waals surface area contributed by atoms with Gasteiger partial charge in [0.05, 0.1) is 24.2 Å². The van der Waals surface area contributed by atoms with Crippen LogP contribution in [-0.2, 0) is 0 Å². The first-order valence-corrected chi connectivity index (χ1v) is 17.1. The fraction of sp³-hybridized carbons (Fsp3) is 0.0952. The lowest BCUT2D eigenvalue weighted by molar-refractivity contribution is 0.203. The standard InChI is InChI=1S/C42H34N4S/c1-4-10-27(11-5-1)28-16-19-31(20-17-28)40-44-39(30-12-6-2-7-13-30)45-41(46-40)34-22-24-35-33(26-34)21-18-29-23-25-36-38(37(29)35)43-42(47-36)32-14-8-3-9-15-32/h1-26,39-46H. The molecule has 4 N–H and O–H groups in total. The largest absolute Gasteiger partial charge is 0.368 e. The molecule has 2 aliphatic heterocycles. The van der Waals surface area contributed by atoms with E-state index in [1.165, 1.54) is 65.5 Å². The van der Waals surface area contributed by atoms with Gasteiger partial charge in [-0.25, -0.2) is 0 Å². The van der Waals surface area contributed by atoms with Crippen LogP contribution in [-0.4, -0.2) is 0 Å². The minimum absolute atomic E-state index is 0.0204. The Hall–Kier alpha value is -4.91. The third-order valence-corrected chi connectivity index (χ3v) is 10.6. The molecular formula is C42H34N4S. The van der Waals surface area contributed by atoms with Gasteiger partial charge in [-0.1, -0.05) is 157 Å². The van der Waals surface area contributed by atoms with Gasteiger partial charge in [0.15, 0.2) is 0 Å². The van der Waals surface area contributed by atoms with Crippen molar-refractivity contribution in [2.75, 3.05) is 5.32 Å². The molecule has 4 atom stereocenters. The molecule has 9 rings (SSSR count). The maximum atomic E-state index is 3.87. The summed E-state index contributed by atoms with van der Waals surface area (Å²) in [4.78, 5) is 1.30. The number of thioether (sulfide) groups is 1. The third-order valence-electron chi connectivity index (χ3n) is 9.43. The molecule has 4 nitrogen and oxygen atoms in total. The van der Waals surface area contributed by atoms with Crippen LogP contribution in [0.3, 0.4) is 0 Å². The Morgan fingerprint density at radius 3 is 1.66 bits per heavy atom. The van der Waals surface area contributed by atoms with E-state index in [9.17, 15) is 0 Å². The molecule has 0 aromatic heterocycles. The van der Waals surface area contributed by atoms with Crippen molar-refractivity contribution in [3.8, 4) is 11.1 Å². The fourth-order valence-corrected chi connectivity index (χ4v) is 8.16. The van der Waals surface area contributed by atoms with Crippen LogP contribution in [0, 0.1) is 0 Å². The highest BCUT2D eigenvalue weighted by molar-refractivity contribution is 8.00. The Kier molecular flexibility index (Phi) is 7.25. The number of rotatable bonds is 5. The monoisotopic (exact) mass is 626 g/mol. The van der Waals surface area contributed by atoms with Crippen molar-refractivity contribution in [3.05, 3.63) is 180 Å². The Balaban J connectivity index is 1.06. The second-order valence-electron chi connectivity index (χ2n) is 12.3. The summed E-state index contributed by atoms with van der Waals surface area (Å²) in [5.74, 6) is 0. The van der Waals surface area contributed by atoms with Gasteiger partial charge < -0.3 is 5.32 Å². The molecule has 0 radical (unpaired) electrons. The molecule has 228 valence electrons. The van der Waals surface area contributed by atoms with E-state index in [1.54, 1.807) is 0 Å². The van der Waals surface area contributed by atoms with Crippen LogP contribution in [0.4, 0.5) is 5.69 Å². The molecular weight excluding hydrogens is 593 g/mol. The van der Waals surface area contributed by atoms with Crippen molar-refractivity contribution in [2.45, 2.75) is 28.8 Å². The van der Waals surface area contributed by atoms with Crippen molar-refractivity contribution in [2.24, 2.45) is 0 Å². The fourth-order valence-electron chi connectivity index (χ4n) is 7.01. The van der Waals surface area contributed by atoms with Gasteiger partial charge in [0.25, 0.3) is 0 Å². The summed E-state index contributed by atoms with van der Waals surface area (Å²) in [5.41, 5.74) is 8.60. The lowest BCUT2D eigenvalue weighted by Gasteiger charge is -2.39. The van der Waals surface area contributed by atoms with E-state index in [0.29, 0.717) is 0 Å². The molecule has 0 aliphatic carbocycles. The average molecular weight is 627 g/mol. The number of nitrogens with one attached hydrogen (secondary N) is 4. The normalized spacial score (nSPS) is 20.6. The Morgan fingerprint density at radius 1 is 0.426 bits per heavy atom. The van der Waals surface area contributed by atoms with Crippen LogP contribution >= 0.6 is 11.8 Å². The highest BCUT2D eigenvalue weighted by Gasteiger charge is 2.30. The van der Waals surface area contributed by atoms with E-state index in [4.69, 9.17) is 0 Å². The van der Waals surface area contributed by atoms with E-state index < -0.39 is 0 Å². The van der Waals surface area contributed by atoms with Gasteiger partial charge in [0, 0.05) is 10.3 Å². The van der Waals surface area contributed by atoms with Crippen LogP contribution in [0.2, 0.25) is 0 Å². The molecule has 0 amide bonds. The second-order valence-corrected chi connectivity index (χ2v) is 13.5. The molecule has 7 aromatic carbocycles. The first-order valence-electron chi connectivity index (χ1n) is 16.2. The quantitative estimate of drug-likeness (QED) is 0.143. The predicted octanol–water partition coefficient (Wildman–Crippen LogP) is 10.1. The van der Waals surface area contributed by atoms with E-state index >= 15 is 0 Å². The first-order chi connectivity index (χ1) is 23.3. The van der Waals surface area contributed by atoms with Crippen molar-refractivity contribution in [1.82, 2.24) is 16.0 Å². The number of hydrogen-bond acceptors (Lipinski definition) is 5. The predicted molar refractivity (Wildman–Crippen MR) is 196 cm³/mol. The molecule has 7 aromatic rings. The topological polar surface area (TPSA) is 48.1 Å².